The summed E-state index contributed by atoms with van der Waals surface area (Å²) >= 11 is 6.12. The maximum Gasteiger partial charge on any atom is 0.314 e. The van der Waals surface area contributed by atoms with Crippen LogP contribution in [-0.4, -0.2) is 25.7 Å². The Hall–Kier alpha value is -2.20. The summed E-state index contributed by atoms with van der Waals surface area (Å²) < 4.78 is 5.65. The van der Waals surface area contributed by atoms with Crippen molar-refractivity contribution >= 4 is 17.6 Å². The molecule has 0 atom stereocenters. The van der Waals surface area contributed by atoms with Crippen LogP contribution in [0.3, 0.4) is 0 Å². The number of rotatable bonds is 7. The molecule has 0 fully saturated rings. The first-order valence-electron chi connectivity index (χ1n) is 8.01. The Morgan fingerprint density at radius 1 is 1.04 bits per heavy atom. The Bertz CT molecular complexity index is 651. The number of carbonyl (C=O) groups is 1. The van der Waals surface area contributed by atoms with Crippen molar-refractivity contribution in [1.82, 2.24) is 10.6 Å². The van der Waals surface area contributed by atoms with Gasteiger partial charge in [0.15, 0.2) is 0 Å². The molecule has 4 nitrogen and oxygen atoms in total. The Labute approximate surface area is 148 Å². The van der Waals surface area contributed by atoms with Crippen molar-refractivity contribution < 1.29 is 9.53 Å². The fourth-order valence-electron chi connectivity index (χ4n) is 2.35. The van der Waals surface area contributed by atoms with Gasteiger partial charge in [0.1, 0.15) is 12.4 Å². The molecular formula is C19H23ClN2O2. The zero-order chi connectivity index (χ0) is 17.4. The van der Waals surface area contributed by atoms with Gasteiger partial charge in [-0.05, 0) is 49.1 Å². The fraction of sp³-hybridized carbons (Fsp3) is 0.316. The van der Waals surface area contributed by atoms with Gasteiger partial charge in [-0.3, -0.25) is 0 Å². The highest BCUT2D eigenvalue weighted by molar-refractivity contribution is 6.32. The molecule has 0 unspecified atom stereocenters. The molecule has 2 rings (SSSR count). The van der Waals surface area contributed by atoms with Gasteiger partial charge in [-0.15, -0.1) is 0 Å². The zero-order valence-corrected chi connectivity index (χ0v) is 14.8. The van der Waals surface area contributed by atoms with Gasteiger partial charge < -0.3 is 15.4 Å². The zero-order valence-electron chi connectivity index (χ0n) is 14.1. The van der Waals surface area contributed by atoms with Crippen molar-refractivity contribution in [3.05, 3.63) is 64.2 Å². The summed E-state index contributed by atoms with van der Waals surface area (Å²) in [6.07, 6.45) is 0.814. The number of nitrogens with one attached hydrogen (secondary N) is 2. The monoisotopic (exact) mass is 346 g/mol. The second kappa shape index (κ2) is 9.18. The van der Waals surface area contributed by atoms with Gasteiger partial charge >= 0.3 is 6.03 Å². The molecule has 0 aromatic heterocycles. The van der Waals surface area contributed by atoms with Crippen LogP contribution in [0.2, 0.25) is 5.02 Å². The standard InChI is InChI=1S/C19H23ClN2O2/c1-14-12-17(13-15(2)18(14)20)24-11-10-22-19(23)21-9-8-16-6-4-3-5-7-16/h3-7,12-13H,8-11H2,1-2H3,(H2,21,22,23). The molecule has 0 aliphatic rings. The Balaban J connectivity index is 1.62. The second-order valence-corrected chi connectivity index (χ2v) is 6.02. The molecular weight excluding hydrogens is 324 g/mol. The SMILES string of the molecule is Cc1cc(OCCNC(=O)NCCc2ccccc2)cc(C)c1Cl. The lowest BCUT2D eigenvalue weighted by atomic mass is 10.1. The first-order valence-corrected chi connectivity index (χ1v) is 8.39. The smallest absolute Gasteiger partial charge is 0.314 e. The van der Waals surface area contributed by atoms with E-state index in [0.29, 0.717) is 19.7 Å². The number of hydrogen-bond acceptors (Lipinski definition) is 2. The predicted molar refractivity (Wildman–Crippen MR) is 98.0 cm³/mol. The van der Waals surface area contributed by atoms with Gasteiger partial charge in [-0.25, -0.2) is 4.79 Å². The van der Waals surface area contributed by atoms with Crippen molar-refractivity contribution in [3.63, 3.8) is 0 Å². The summed E-state index contributed by atoms with van der Waals surface area (Å²) in [5.41, 5.74) is 3.17. The maximum atomic E-state index is 11.7. The van der Waals surface area contributed by atoms with E-state index < -0.39 is 0 Å². The largest absolute Gasteiger partial charge is 0.492 e. The quantitative estimate of drug-likeness (QED) is 0.747. The molecule has 0 radical (unpaired) electrons. The van der Waals surface area contributed by atoms with Crippen molar-refractivity contribution in [2.45, 2.75) is 20.3 Å². The minimum Gasteiger partial charge on any atom is -0.492 e. The fourth-order valence-corrected chi connectivity index (χ4v) is 2.46. The Kier molecular flexibility index (Phi) is 6.94. The summed E-state index contributed by atoms with van der Waals surface area (Å²) in [4.78, 5) is 11.7. The number of amides is 2. The van der Waals surface area contributed by atoms with E-state index in [1.165, 1.54) is 5.56 Å². The summed E-state index contributed by atoms with van der Waals surface area (Å²) in [6.45, 7) is 5.35. The lowest BCUT2D eigenvalue weighted by Crippen LogP contribution is -2.38. The van der Waals surface area contributed by atoms with E-state index in [2.05, 4.69) is 10.6 Å². The Morgan fingerprint density at radius 2 is 1.67 bits per heavy atom. The highest BCUT2D eigenvalue weighted by Gasteiger charge is 2.04. The lowest BCUT2D eigenvalue weighted by Gasteiger charge is -2.11. The molecule has 24 heavy (non-hydrogen) atoms. The minimum atomic E-state index is -0.182. The molecule has 0 aliphatic carbocycles. The van der Waals surface area contributed by atoms with Gasteiger partial charge in [-0.2, -0.15) is 0 Å². The number of halogens is 1. The van der Waals surface area contributed by atoms with Crippen molar-refractivity contribution in [1.29, 1.82) is 0 Å². The molecule has 0 spiro atoms. The van der Waals surface area contributed by atoms with Crippen LogP contribution in [0.15, 0.2) is 42.5 Å². The number of carbonyl (C=O) groups excluding carboxylic acids is 1. The molecule has 2 amide bonds. The molecule has 0 heterocycles. The number of aryl methyl sites for hydroxylation is 2. The van der Waals surface area contributed by atoms with Crippen molar-refractivity contribution in [2.75, 3.05) is 19.7 Å². The third kappa shape index (κ3) is 5.78. The highest BCUT2D eigenvalue weighted by atomic mass is 35.5. The molecule has 0 bridgehead atoms. The van der Waals surface area contributed by atoms with Gasteiger partial charge in [0, 0.05) is 11.6 Å². The number of urea groups is 1. The van der Waals surface area contributed by atoms with Gasteiger partial charge in [-0.1, -0.05) is 41.9 Å². The van der Waals surface area contributed by atoms with Crippen LogP contribution < -0.4 is 15.4 Å². The van der Waals surface area contributed by atoms with Gasteiger partial charge in [0.2, 0.25) is 0 Å². The molecule has 0 aliphatic heterocycles. The van der Waals surface area contributed by atoms with E-state index in [-0.39, 0.29) is 6.03 Å². The summed E-state index contributed by atoms with van der Waals surface area (Å²) in [5, 5.41) is 6.37. The first-order chi connectivity index (χ1) is 11.6. The molecule has 0 saturated heterocycles. The molecule has 128 valence electrons. The third-order valence-electron chi connectivity index (χ3n) is 3.61. The van der Waals surface area contributed by atoms with Crippen LogP contribution in [0.1, 0.15) is 16.7 Å². The molecule has 2 aromatic rings. The minimum absolute atomic E-state index is 0.182. The average Bonchev–Trinajstić information content (AvgIpc) is 2.57. The van der Waals surface area contributed by atoms with Gasteiger partial charge in [0.05, 0.1) is 6.54 Å². The van der Waals surface area contributed by atoms with E-state index in [1.54, 1.807) is 0 Å². The maximum absolute atomic E-state index is 11.7. The Morgan fingerprint density at radius 3 is 2.33 bits per heavy atom. The number of hydrogen-bond donors (Lipinski definition) is 2. The average molecular weight is 347 g/mol. The number of benzene rings is 2. The normalized spacial score (nSPS) is 10.3. The molecule has 5 heteroatoms. The van der Waals surface area contributed by atoms with E-state index in [9.17, 15) is 4.79 Å². The summed E-state index contributed by atoms with van der Waals surface area (Å²) in [7, 11) is 0. The summed E-state index contributed by atoms with van der Waals surface area (Å²) in [5.74, 6) is 0.765. The van der Waals surface area contributed by atoms with Gasteiger partial charge in [0.25, 0.3) is 0 Å². The molecule has 0 saturated carbocycles. The van der Waals surface area contributed by atoms with Crippen LogP contribution in [0.5, 0.6) is 5.75 Å². The van der Waals surface area contributed by atoms with Crippen LogP contribution in [-0.2, 0) is 6.42 Å². The van der Waals surface area contributed by atoms with Crippen LogP contribution in [0, 0.1) is 13.8 Å². The van der Waals surface area contributed by atoms with Crippen LogP contribution >= 0.6 is 11.6 Å². The highest BCUT2D eigenvalue weighted by Crippen LogP contribution is 2.25. The third-order valence-corrected chi connectivity index (χ3v) is 4.20. The lowest BCUT2D eigenvalue weighted by molar-refractivity contribution is 0.236. The van der Waals surface area contributed by atoms with E-state index in [4.69, 9.17) is 16.3 Å². The van der Waals surface area contributed by atoms with Crippen LogP contribution in [0.25, 0.3) is 0 Å². The van der Waals surface area contributed by atoms with Crippen molar-refractivity contribution in [3.8, 4) is 5.75 Å². The van der Waals surface area contributed by atoms with E-state index in [0.717, 1.165) is 28.3 Å². The topological polar surface area (TPSA) is 50.4 Å². The molecule has 2 aromatic carbocycles. The van der Waals surface area contributed by atoms with Crippen LogP contribution in [0.4, 0.5) is 4.79 Å². The van der Waals surface area contributed by atoms with E-state index in [1.807, 2.05) is 56.3 Å². The summed E-state index contributed by atoms with van der Waals surface area (Å²) in [6, 6.07) is 13.7. The number of ether oxygens (including phenoxy) is 1. The first kappa shape index (κ1) is 18.1. The van der Waals surface area contributed by atoms with E-state index >= 15 is 0 Å². The van der Waals surface area contributed by atoms with Crippen molar-refractivity contribution in [2.24, 2.45) is 0 Å². The molecule has 2 N–H and O–H groups in total. The second-order valence-electron chi connectivity index (χ2n) is 5.64. The predicted octanol–water partition coefficient (Wildman–Crippen LogP) is 3.88.